The maximum Gasteiger partial charge on any atom is 0.223 e. The standard InChI is InChI=1S/C22H28N2O2/c1-3-26-21-11-7-5-9-19(21)12-13-22(25)24-16-14-23(15-17-24)20-10-6-4-8-18(20)2/h4-11H,3,12-17H2,1-2H3. The molecule has 0 saturated carbocycles. The zero-order valence-electron chi connectivity index (χ0n) is 15.8. The van der Waals surface area contributed by atoms with Crippen LogP contribution in [0, 0.1) is 6.92 Å². The van der Waals surface area contributed by atoms with Gasteiger partial charge in [-0.2, -0.15) is 0 Å². The van der Waals surface area contributed by atoms with E-state index >= 15 is 0 Å². The van der Waals surface area contributed by atoms with Crippen molar-refractivity contribution in [3.63, 3.8) is 0 Å². The van der Waals surface area contributed by atoms with Crippen LogP contribution in [0.5, 0.6) is 5.75 Å². The van der Waals surface area contributed by atoms with Gasteiger partial charge in [0.15, 0.2) is 0 Å². The molecule has 1 amide bonds. The summed E-state index contributed by atoms with van der Waals surface area (Å²) in [6, 6.07) is 16.5. The van der Waals surface area contributed by atoms with Crippen molar-refractivity contribution >= 4 is 11.6 Å². The quantitative estimate of drug-likeness (QED) is 0.795. The van der Waals surface area contributed by atoms with E-state index in [0.29, 0.717) is 13.0 Å². The van der Waals surface area contributed by atoms with Crippen molar-refractivity contribution in [3.8, 4) is 5.75 Å². The van der Waals surface area contributed by atoms with Crippen LogP contribution in [0.15, 0.2) is 48.5 Å². The average Bonchev–Trinajstić information content (AvgIpc) is 2.68. The summed E-state index contributed by atoms with van der Waals surface area (Å²) in [7, 11) is 0. The minimum atomic E-state index is 0.237. The minimum Gasteiger partial charge on any atom is -0.494 e. The Morgan fingerprint density at radius 1 is 1.00 bits per heavy atom. The van der Waals surface area contributed by atoms with Crippen molar-refractivity contribution < 1.29 is 9.53 Å². The van der Waals surface area contributed by atoms with Gasteiger partial charge in [0.1, 0.15) is 5.75 Å². The molecule has 0 spiro atoms. The number of carbonyl (C=O) groups excluding carboxylic acids is 1. The van der Waals surface area contributed by atoms with E-state index in [0.717, 1.165) is 43.9 Å². The average molecular weight is 352 g/mol. The number of benzene rings is 2. The maximum atomic E-state index is 12.6. The van der Waals surface area contributed by atoms with E-state index in [4.69, 9.17) is 4.74 Å². The number of para-hydroxylation sites is 2. The van der Waals surface area contributed by atoms with Crippen molar-refractivity contribution in [3.05, 3.63) is 59.7 Å². The first-order valence-electron chi connectivity index (χ1n) is 9.48. The SMILES string of the molecule is CCOc1ccccc1CCC(=O)N1CCN(c2ccccc2C)CC1. The Hall–Kier alpha value is -2.49. The van der Waals surface area contributed by atoms with Gasteiger partial charge in [-0.05, 0) is 43.5 Å². The number of nitrogens with zero attached hydrogens (tertiary/aromatic N) is 2. The lowest BCUT2D eigenvalue weighted by Crippen LogP contribution is -2.49. The van der Waals surface area contributed by atoms with E-state index < -0.39 is 0 Å². The number of piperazine rings is 1. The van der Waals surface area contributed by atoms with Crippen LogP contribution < -0.4 is 9.64 Å². The summed E-state index contributed by atoms with van der Waals surface area (Å²) in [5.74, 6) is 1.13. The zero-order chi connectivity index (χ0) is 18.4. The van der Waals surface area contributed by atoms with Crippen LogP contribution in [-0.2, 0) is 11.2 Å². The molecule has 1 fully saturated rings. The van der Waals surface area contributed by atoms with E-state index in [9.17, 15) is 4.79 Å². The van der Waals surface area contributed by atoms with Gasteiger partial charge >= 0.3 is 0 Å². The summed E-state index contributed by atoms with van der Waals surface area (Å²) in [5, 5.41) is 0. The molecule has 0 aliphatic carbocycles. The van der Waals surface area contributed by atoms with E-state index in [-0.39, 0.29) is 5.91 Å². The van der Waals surface area contributed by atoms with Crippen LogP contribution in [0.4, 0.5) is 5.69 Å². The molecule has 0 aromatic heterocycles. The first-order chi connectivity index (χ1) is 12.7. The van der Waals surface area contributed by atoms with Gasteiger partial charge in [-0.25, -0.2) is 0 Å². The van der Waals surface area contributed by atoms with E-state index in [1.165, 1.54) is 11.3 Å². The Labute approximate surface area is 156 Å². The molecule has 3 rings (SSSR count). The normalized spacial score (nSPS) is 14.4. The summed E-state index contributed by atoms with van der Waals surface area (Å²) in [4.78, 5) is 17.0. The Morgan fingerprint density at radius 2 is 1.69 bits per heavy atom. The molecule has 1 aliphatic heterocycles. The number of carbonyl (C=O) groups is 1. The van der Waals surface area contributed by atoms with Crippen LogP contribution >= 0.6 is 0 Å². The molecule has 2 aromatic carbocycles. The molecule has 0 unspecified atom stereocenters. The molecular weight excluding hydrogens is 324 g/mol. The molecule has 1 heterocycles. The van der Waals surface area contributed by atoms with Gasteiger partial charge in [-0.3, -0.25) is 4.79 Å². The number of hydrogen-bond acceptors (Lipinski definition) is 3. The van der Waals surface area contributed by atoms with Gasteiger partial charge in [0, 0.05) is 38.3 Å². The molecule has 1 saturated heterocycles. The molecule has 0 radical (unpaired) electrons. The molecule has 2 aromatic rings. The minimum absolute atomic E-state index is 0.237. The molecule has 26 heavy (non-hydrogen) atoms. The van der Waals surface area contributed by atoms with Crippen molar-refractivity contribution in [2.45, 2.75) is 26.7 Å². The van der Waals surface area contributed by atoms with Crippen molar-refractivity contribution in [2.75, 3.05) is 37.7 Å². The summed E-state index contributed by atoms with van der Waals surface area (Å²) >= 11 is 0. The second kappa shape index (κ2) is 8.75. The highest BCUT2D eigenvalue weighted by Gasteiger charge is 2.22. The highest BCUT2D eigenvalue weighted by molar-refractivity contribution is 5.77. The number of ether oxygens (including phenoxy) is 1. The fraction of sp³-hybridized carbons (Fsp3) is 0.409. The van der Waals surface area contributed by atoms with Crippen molar-refractivity contribution in [1.29, 1.82) is 0 Å². The summed E-state index contributed by atoms with van der Waals surface area (Å²) in [5.41, 5.74) is 3.69. The third-order valence-corrected chi connectivity index (χ3v) is 4.97. The van der Waals surface area contributed by atoms with Crippen molar-refractivity contribution in [1.82, 2.24) is 4.90 Å². The number of aryl methyl sites for hydroxylation is 2. The number of amides is 1. The molecule has 0 atom stereocenters. The van der Waals surface area contributed by atoms with Crippen LogP contribution in [-0.4, -0.2) is 43.6 Å². The molecule has 4 heteroatoms. The Kier molecular flexibility index (Phi) is 6.16. The molecule has 0 N–H and O–H groups in total. The van der Waals surface area contributed by atoms with Crippen LogP contribution in [0.2, 0.25) is 0 Å². The van der Waals surface area contributed by atoms with E-state index in [1.807, 2.05) is 36.1 Å². The predicted molar refractivity (Wildman–Crippen MR) is 106 cm³/mol. The van der Waals surface area contributed by atoms with E-state index in [1.54, 1.807) is 0 Å². The van der Waals surface area contributed by atoms with Crippen molar-refractivity contribution in [2.24, 2.45) is 0 Å². The van der Waals surface area contributed by atoms with E-state index in [2.05, 4.69) is 36.1 Å². The van der Waals surface area contributed by atoms with Crippen LogP contribution in [0.3, 0.4) is 0 Å². The molecule has 0 bridgehead atoms. The summed E-state index contributed by atoms with van der Waals surface area (Å²) in [6.07, 6.45) is 1.27. The Balaban J connectivity index is 1.52. The summed E-state index contributed by atoms with van der Waals surface area (Å²) in [6.45, 7) is 8.14. The Bertz CT molecular complexity index is 736. The maximum absolute atomic E-state index is 12.6. The van der Waals surface area contributed by atoms with Crippen LogP contribution in [0.25, 0.3) is 0 Å². The van der Waals surface area contributed by atoms with Crippen LogP contribution in [0.1, 0.15) is 24.5 Å². The smallest absolute Gasteiger partial charge is 0.223 e. The topological polar surface area (TPSA) is 32.8 Å². The van der Waals surface area contributed by atoms with Gasteiger partial charge in [-0.15, -0.1) is 0 Å². The number of anilines is 1. The Morgan fingerprint density at radius 3 is 2.42 bits per heavy atom. The second-order valence-corrected chi connectivity index (χ2v) is 6.70. The van der Waals surface area contributed by atoms with Gasteiger partial charge in [0.25, 0.3) is 0 Å². The van der Waals surface area contributed by atoms with Gasteiger partial charge in [0.2, 0.25) is 5.91 Å². The summed E-state index contributed by atoms with van der Waals surface area (Å²) < 4.78 is 5.66. The highest BCUT2D eigenvalue weighted by atomic mass is 16.5. The fourth-order valence-electron chi connectivity index (χ4n) is 3.52. The molecule has 1 aliphatic rings. The predicted octanol–water partition coefficient (Wildman–Crippen LogP) is 3.68. The zero-order valence-corrected chi connectivity index (χ0v) is 15.8. The molecular formula is C22H28N2O2. The lowest BCUT2D eigenvalue weighted by Gasteiger charge is -2.37. The largest absolute Gasteiger partial charge is 0.494 e. The van der Waals surface area contributed by atoms with Gasteiger partial charge in [-0.1, -0.05) is 36.4 Å². The first kappa shape index (κ1) is 18.3. The number of rotatable bonds is 6. The molecule has 138 valence electrons. The third kappa shape index (κ3) is 4.37. The fourth-order valence-corrected chi connectivity index (χ4v) is 3.52. The first-order valence-corrected chi connectivity index (χ1v) is 9.48. The van der Waals surface area contributed by atoms with Gasteiger partial charge < -0.3 is 14.5 Å². The van der Waals surface area contributed by atoms with Gasteiger partial charge in [0.05, 0.1) is 6.61 Å². The highest BCUT2D eigenvalue weighted by Crippen LogP contribution is 2.22. The lowest BCUT2D eigenvalue weighted by atomic mass is 10.1. The monoisotopic (exact) mass is 352 g/mol. The third-order valence-electron chi connectivity index (χ3n) is 4.97. The molecule has 4 nitrogen and oxygen atoms in total. The second-order valence-electron chi connectivity index (χ2n) is 6.70. The lowest BCUT2D eigenvalue weighted by molar-refractivity contribution is -0.131. The number of hydrogen-bond donors (Lipinski definition) is 0.